The average molecular weight is 504 g/mol. The first-order chi connectivity index (χ1) is 17.9. The maximum atomic E-state index is 12.6. The van der Waals surface area contributed by atoms with E-state index in [-0.39, 0.29) is 42.3 Å². The quantitative estimate of drug-likeness (QED) is 0.367. The molecule has 0 spiro atoms. The fourth-order valence-corrected chi connectivity index (χ4v) is 5.71. The summed E-state index contributed by atoms with van der Waals surface area (Å²) >= 11 is 0. The summed E-state index contributed by atoms with van der Waals surface area (Å²) in [5.41, 5.74) is 2.76. The predicted octanol–water partition coefficient (Wildman–Crippen LogP) is 5.28. The van der Waals surface area contributed by atoms with E-state index in [2.05, 4.69) is 17.1 Å². The zero-order valence-corrected chi connectivity index (χ0v) is 21.5. The summed E-state index contributed by atoms with van der Waals surface area (Å²) in [7, 11) is 1.43. The van der Waals surface area contributed by atoms with Crippen molar-refractivity contribution < 1.29 is 28.2 Å². The van der Waals surface area contributed by atoms with Gasteiger partial charge in [0.25, 0.3) is 0 Å². The van der Waals surface area contributed by atoms with E-state index in [0.717, 1.165) is 30.4 Å². The first-order valence-electron chi connectivity index (χ1n) is 12.8. The van der Waals surface area contributed by atoms with Crippen molar-refractivity contribution in [1.82, 2.24) is 4.98 Å². The Kier molecular flexibility index (Phi) is 7.15. The van der Waals surface area contributed by atoms with Gasteiger partial charge in [-0.25, -0.2) is 9.78 Å². The number of nitrogens with zero attached hydrogens (tertiary/aromatic N) is 1. The lowest BCUT2D eigenvalue weighted by Crippen LogP contribution is -2.30. The lowest BCUT2D eigenvalue weighted by Gasteiger charge is -2.28. The van der Waals surface area contributed by atoms with Gasteiger partial charge in [0.1, 0.15) is 12.9 Å². The number of fused-ring (bicyclic) bond motifs is 2. The van der Waals surface area contributed by atoms with Crippen LogP contribution >= 0.6 is 0 Å². The average Bonchev–Trinajstić information content (AvgIpc) is 3.65. The number of benzene rings is 2. The van der Waals surface area contributed by atoms with Crippen LogP contribution < -0.4 is 0 Å². The van der Waals surface area contributed by atoms with Crippen molar-refractivity contribution in [3.05, 3.63) is 89.1 Å². The van der Waals surface area contributed by atoms with Gasteiger partial charge in [-0.15, -0.1) is 0 Å². The molecule has 1 aromatic heterocycles. The molecule has 0 radical (unpaired) electrons. The highest BCUT2D eigenvalue weighted by Gasteiger charge is 2.51. The lowest BCUT2D eigenvalue weighted by atomic mass is 9.74. The molecule has 0 N–H and O–H groups in total. The zero-order valence-electron chi connectivity index (χ0n) is 21.5. The summed E-state index contributed by atoms with van der Waals surface area (Å²) in [5.74, 6) is -0.0925. The van der Waals surface area contributed by atoms with E-state index in [1.165, 1.54) is 18.9 Å². The number of methoxy groups -OCH3 is 1. The number of esters is 2. The largest absolute Gasteiger partial charge is 0.469 e. The summed E-state index contributed by atoms with van der Waals surface area (Å²) < 4.78 is 22.6. The molecule has 5 rings (SSSR count). The summed E-state index contributed by atoms with van der Waals surface area (Å²) in [6.45, 7) is 3.99. The van der Waals surface area contributed by atoms with Crippen LogP contribution in [0.4, 0.5) is 0 Å². The van der Waals surface area contributed by atoms with Gasteiger partial charge in [-0.2, -0.15) is 0 Å². The molecule has 2 aliphatic rings. The monoisotopic (exact) mass is 503 g/mol. The van der Waals surface area contributed by atoms with Gasteiger partial charge in [0.15, 0.2) is 5.69 Å². The topological polar surface area (TPSA) is 87.9 Å². The highest BCUT2D eigenvalue weighted by atomic mass is 16.5. The minimum atomic E-state index is -0.632. The molecule has 3 heterocycles. The van der Waals surface area contributed by atoms with Crippen molar-refractivity contribution in [2.45, 2.75) is 64.3 Å². The fourth-order valence-electron chi connectivity index (χ4n) is 5.71. The lowest BCUT2D eigenvalue weighted by molar-refractivity contribution is -0.150. The molecule has 2 aromatic carbocycles. The highest BCUT2D eigenvalue weighted by molar-refractivity contribution is 5.86. The van der Waals surface area contributed by atoms with Gasteiger partial charge in [-0.05, 0) is 56.2 Å². The molecule has 7 heteroatoms. The number of hydrogen-bond donors (Lipinski definition) is 0. The second kappa shape index (κ2) is 10.5. The molecule has 0 saturated carbocycles. The Morgan fingerprint density at radius 3 is 2.46 bits per heavy atom. The smallest absolute Gasteiger partial charge is 0.360 e. The first kappa shape index (κ1) is 25.2. The molecule has 37 heavy (non-hydrogen) atoms. The molecule has 2 bridgehead atoms. The van der Waals surface area contributed by atoms with Crippen LogP contribution in [-0.2, 0) is 38.5 Å². The molecule has 2 aliphatic heterocycles. The number of oxazole rings is 1. The van der Waals surface area contributed by atoms with Gasteiger partial charge in [0, 0.05) is 5.92 Å². The third kappa shape index (κ3) is 5.32. The minimum Gasteiger partial charge on any atom is -0.469 e. The summed E-state index contributed by atoms with van der Waals surface area (Å²) in [5, 5.41) is 0. The highest BCUT2D eigenvalue weighted by Crippen LogP contribution is 2.50. The third-order valence-corrected chi connectivity index (χ3v) is 7.60. The first-order valence-corrected chi connectivity index (χ1v) is 12.8. The van der Waals surface area contributed by atoms with Crippen LogP contribution in [0.2, 0.25) is 0 Å². The second-order valence-corrected chi connectivity index (χ2v) is 10.6. The van der Waals surface area contributed by atoms with Crippen molar-refractivity contribution >= 4 is 11.9 Å². The molecule has 194 valence electrons. The Bertz CT molecular complexity index is 1250. The molecule has 0 amide bonds. The molecule has 2 saturated heterocycles. The van der Waals surface area contributed by atoms with Crippen LogP contribution in [0.5, 0.6) is 0 Å². The van der Waals surface area contributed by atoms with E-state index >= 15 is 0 Å². The van der Waals surface area contributed by atoms with Crippen molar-refractivity contribution in [3.8, 4) is 0 Å². The van der Waals surface area contributed by atoms with Crippen molar-refractivity contribution in [1.29, 1.82) is 0 Å². The number of hydrogen-bond acceptors (Lipinski definition) is 7. The number of aromatic nitrogens is 1. The van der Waals surface area contributed by atoms with Crippen LogP contribution in [0.25, 0.3) is 0 Å². The van der Waals surface area contributed by atoms with E-state index in [1.54, 1.807) is 0 Å². The van der Waals surface area contributed by atoms with Gasteiger partial charge < -0.3 is 18.6 Å². The predicted molar refractivity (Wildman–Crippen MR) is 136 cm³/mol. The maximum Gasteiger partial charge on any atom is 0.360 e. The zero-order chi connectivity index (χ0) is 26.0. The number of carbonyl (C=O) groups excluding carboxylic acids is 2. The van der Waals surface area contributed by atoms with E-state index in [4.69, 9.17) is 18.6 Å². The standard InChI is InChI=1S/C30H33NO6/c1-30(2,29(33)34-3)16-21-12-8-7-11-20(21)15-22-24-13-14-25(37-24)26(22)27-31-23(18-35-27)28(32)36-17-19-9-5-4-6-10-19/h4-12,18,22,24-26H,13-17H2,1-3H3/t22-,24-,25+,26-/m0/s1. The maximum absolute atomic E-state index is 12.6. The fraction of sp³-hybridized carbons (Fsp3) is 0.433. The van der Waals surface area contributed by atoms with Crippen LogP contribution in [0.1, 0.15) is 65.7 Å². The van der Waals surface area contributed by atoms with E-state index < -0.39 is 11.4 Å². The van der Waals surface area contributed by atoms with Gasteiger partial charge in [0.05, 0.1) is 30.7 Å². The molecule has 3 aromatic rings. The molecule has 4 atom stereocenters. The van der Waals surface area contributed by atoms with Crippen molar-refractivity contribution in [3.63, 3.8) is 0 Å². The van der Waals surface area contributed by atoms with Crippen molar-refractivity contribution in [2.24, 2.45) is 11.3 Å². The van der Waals surface area contributed by atoms with Gasteiger partial charge in [-0.1, -0.05) is 54.6 Å². The minimum absolute atomic E-state index is 0.0144. The SMILES string of the molecule is COC(=O)C(C)(C)Cc1ccccc1C[C@@H]1[C@H](c2nc(C(=O)OCc3ccccc3)co2)[C@H]2CC[C@@H]1O2. The summed E-state index contributed by atoms with van der Waals surface area (Å²) in [4.78, 5) is 29.5. The van der Waals surface area contributed by atoms with E-state index in [1.807, 2.05) is 56.3 Å². The summed E-state index contributed by atoms with van der Waals surface area (Å²) in [6.07, 6.45) is 4.80. The molecular weight excluding hydrogens is 470 g/mol. The molecule has 7 nitrogen and oxygen atoms in total. The Balaban J connectivity index is 1.32. The second-order valence-electron chi connectivity index (χ2n) is 10.6. The van der Waals surface area contributed by atoms with Gasteiger partial charge in [-0.3, -0.25) is 4.79 Å². The van der Waals surface area contributed by atoms with Gasteiger partial charge in [0.2, 0.25) is 5.89 Å². The van der Waals surface area contributed by atoms with Crippen LogP contribution in [0.3, 0.4) is 0 Å². The number of rotatable bonds is 9. The molecule has 0 aliphatic carbocycles. The molecular formula is C30H33NO6. The van der Waals surface area contributed by atoms with Crippen LogP contribution in [-0.4, -0.2) is 36.2 Å². The Labute approximate surface area is 217 Å². The van der Waals surface area contributed by atoms with Gasteiger partial charge >= 0.3 is 11.9 Å². The van der Waals surface area contributed by atoms with E-state index in [0.29, 0.717) is 12.3 Å². The van der Waals surface area contributed by atoms with Crippen molar-refractivity contribution in [2.75, 3.05) is 7.11 Å². The number of carbonyl (C=O) groups is 2. The Morgan fingerprint density at radius 2 is 1.70 bits per heavy atom. The Hall–Kier alpha value is -3.45. The molecule has 2 fully saturated rings. The Morgan fingerprint density at radius 1 is 1.00 bits per heavy atom. The normalized spacial score (nSPS) is 22.7. The van der Waals surface area contributed by atoms with Crippen LogP contribution in [0.15, 0.2) is 65.3 Å². The third-order valence-electron chi connectivity index (χ3n) is 7.60. The number of ether oxygens (including phenoxy) is 3. The molecule has 0 unspecified atom stereocenters. The van der Waals surface area contributed by atoms with E-state index in [9.17, 15) is 9.59 Å². The van der Waals surface area contributed by atoms with Crippen LogP contribution in [0, 0.1) is 11.3 Å². The summed E-state index contributed by atoms with van der Waals surface area (Å²) in [6, 6.07) is 17.8.